The highest BCUT2D eigenvalue weighted by molar-refractivity contribution is 7.12. The molecule has 0 amide bonds. The van der Waals surface area contributed by atoms with E-state index in [1.54, 1.807) is 24.3 Å². The van der Waals surface area contributed by atoms with E-state index in [1.165, 1.54) is 11.3 Å². The van der Waals surface area contributed by atoms with E-state index in [1.807, 2.05) is 47.8 Å². The first-order chi connectivity index (χ1) is 18.7. The number of para-hydroxylation sites is 1. The van der Waals surface area contributed by atoms with Crippen molar-refractivity contribution in [2.45, 2.75) is 12.8 Å². The summed E-state index contributed by atoms with van der Waals surface area (Å²) in [5, 5.41) is 20.9. The van der Waals surface area contributed by atoms with Gasteiger partial charge < -0.3 is 30.5 Å². The molecule has 0 saturated carbocycles. The minimum atomic E-state index is 0.160. The molecule has 198 valence electrons. The number of rotatable bonds is 16. The average Bonchev–Trinajstić information content (AvgIpc) is 3.47. The molecule has 2 aromatic carbocycles. The van der Waals surface area contributed by atoms with Crippen LogP contribution in [0.5, 0.6) is 5.75 Å². The molecular formula is C27H30N6O4S. The van der Waals surface area contributed by atoms with Crippen molar-refractivity contribution < 1.29 is 19.4 Å². The van der Waals surface area contributed by atoms with E-state index < -0.39 is 0 Å². The Morgan fingerprint density at radius 1 is 0.763 bits per heavy atom. The molecule has 4 N–H and O–H groups in total. The van der Waals surface area contributed by atoms with E-state index in [-0.39, 0.29) is 11.5 Å². The fraction of sp³-hybridized carbons (Fsp3) is 0.259. The summed E-state index contributed by atoms with van der Waals surface area (Å²) in [6, 6.07) is 20.0. The Morgan fingerprint density at radius 2 is 1.42 bits per heavy atom. The summed E-state index contributed by atoms with van der Waals surface area (Å²) in [4.78, 5) is 26.1. The van der Waals surface area contributed by atoms with Crippen molar-refractivity contribution >= 4 is 46.3 Å². The van der Waals surface area contributed by atoms with Crippen LogP contribution in [-0.4, -0.2) is 58.8 Å². The number of carbonyl (C=O) groups excluding carboxylic acids is 1. The molecule has 0 aliphatic heterocycles. The largest absolute Gasteiger partial charge is 0.508 e. The van der Waals surface area contributed by atoms with Crippen LogP contribution in [-0.2, 0) is 9.47 Å². The van der Waals surface area contributed by atoms with E-state index in [0.29, 0.717) is 63.7 Å². The number of nitrogens with zero attached hydrogens (tertiary/aromatic N) is 3. The number of aromatic hydroxyl groups is 1. The number of aromatic nitrogens is 3. The van der Waals surface area contributed by atoms with E-state index in [2.05, 4.69) is 30.9 Å². The average molecular weight is 535 g/mol. The molecular weight excluding hydrogens is 504 g/mol. The number of hydrogen-bond donors (Lipinski definition) is 4. The van der Waals surface area contributed by atoms with Crippen molar-refractivity contribution in [1.82, 2.24) is 15.0 Å². The number of nitrogens with one attached hydrogen (secondary N) is 3. The normalized spacial score (nSPS) is 10.7. The van der Waals surface area contributed by atoms with E-state index in [9.17, 15) is 9.90 Å². The number of anilines is 5. The van der Waals surface area contributed by atoms with Gasteiger partial charge in [0.2, 0.25) is 17.8 Å². The first-order valence-corrected chi connectivity index (χ1v) is 13.1. The third kappa shape index (κ3) is 9.11. The van der Waals surface area contributed by atoms with Crippen molar-refractivity contribution in [2.24, 2.45) is 0 Å². The minimum Gasteiger partial charge on any atom is -0.508 e. The molecule has 10 nitrogen and oxygen atoms in total. The maximum absolute atomic E-state index is 12.0. The van der Waals surface area contributed by atoms with Crippen LogP contribution in [0.25, 0.3) is 0 Å². The van der Waals surface area contributed by atoms with Crippen molar-refractivity contribution in [3.63, 3.8) is 0 Å². The summed E-state index contributed by atoms with van der Waals surface area (Å²) >= 11 is 1.47. The van der Waals surface area contributed by atoms with Gasteiger partial charge in [0, 0.05) is 30.9 Å². The zero-order chi connectivity index (χ0) is 26.4. The van der Waals surface area contributed by atoms with Gasteiger partial charge in [0.1, 0.15) is 5.75 Å². The summed E-state index contributed by atoms with van der Waals surface area (Å²) in [7, 11) is 0. The van der Waals surface area contributed by atoms with E-state index in [0.717, 1.165) is 16.3 Å². The number of phenolic OH excluding ortho intramolecular Hbond substituents is 1. The highest BCUT2D eigenvalue weighted by atomic mass is 32.1. The van der Waals surface area contributed by atoms with Crippen LogP contribution in [0.3, 0.4) is 0 Å². The molecule has 38 heavy (non-hydrogen) atoms. The predicted molar refractivity (Wildman–Crippen MR) is 149 cm³/mol. The molecule has 0 saturated heterocycles. The van der Waals surface area contributed by atoms with Crippen LogP contribution in [0.1, 0.15) is 22.5 Å². The van der Waals surface area contributed by atoms with Crippen molar-refractivity contribution in [3.8, 4) is 5.75 Å². The molecule has 4 rings (SSSR count). The second kappa shape index (κ2) is 14.6. The Labute approximate surface area is 225 Å². The third-order valence-corrected chi connectivity index (χ3v) is 6.09. The third-order valence-electron chi connectivity index (χ3n) is 5.18. The van der Waals surface area contributed by atoms with Gasteiger partial charge in [-0.15, -0.1) is 11.3 Å². The second-order valence-corrected chi connectivity index (χ2v) is 9.07. The molecule has 0 fully saturated rings. The van der Waals surface area contributed by atoms with Crippen LogP contribution in [0, 0.1) is 0 Å². The van der Waals surface area contributed by atoms with Crippen LogP contribution in [0.15, 0.2) is 72.1 Å². The van der Waals surface area contributed by atoms with Crippen molar-refractivity contribution in [2.75, 3.05) is 48.9 Å². The van der Waals surface area contributed by atoms with Gasteiger partial charge in [-0.25, -0.2) is 0 Å². The van der Waals surface area contributed by atoms with Gasteiger partial charge in [-0.3, -0.25) is 4.79 Å². The van der Waals surface area contributed by atoms with Gasteiger partial charge in [-0.05, 0) is 54.3 Å². The van der Waals surface area contributed by atoms with Gasteiger partial charge in [0.15, 0.2) is 5.78 Å². The molecule has 0 aliphatic carbocycles. The van der Waals surface area contributed by atoms with Gasteiger partial charge >= 0.3 is 0 Å². The van der Waals surface area contributed by atoms with Crippen LogP contribution < -0.4 is 16.0 Å². The van der Waals surface area contributed by atoms with Gasteiger partial charge in [0.25, 0.3) is 0 Å². The highest BCUT2D eigenvalue weighted by Gasteiger charge is 2.08. The first-order valence-electron chi connectivity index (χ1n) is 12.3. The molecule has 0 aliphatic rings. The van der Waals surface area contributed by atoms with Crippen LogP contribution in [0.2, 0.25) is 0 Å². The van der Waals surface area contributed by atoms with Crippen molar-refractivity contribution in [1.29, 1.82) is 0 Å². The van der Waals surface area contributed by atoms with E-state index in [4.69, 9.17) is 9.47 Å². The maximum Gasteiger partial charge on any atom is 0.233 e. The Bertz CT molecular complexity index is 1260. The Balaban J connectivity index is 1.19. The monoisotopic (exact) mass is 534 g/mol. The molecule has 0 unspecified atom stereocenters. The zero-order valence-corrected chi connectivity index (χ0v) is 21.6. The quantitative estimate of drug-likeness (QED) is 0.0860. The fourth-order valence-corrected chi connectivity index (χ4v) is 4.04. The molecule has 11 heteroatoms. The number of Topliss-reactive ketones (excluding diaryl/α,β-unsaturated/α-hetero) is 1. The molecule has 0 bridgehead atoms. The van der Waals surface area contributed by atoms with E-state index >= 15 is 0 Å². The first kappa shape index (κ1) is 27.0. The summed E-state index contributed by atoms with van der Waals surface area (Å²) in [6.07, 6.45) is 1.18. The summed E-state index contributed by atoms with van der Waals surface area (Å²) in [5.74, 6) is 1.44. The number of thiophene rings is 1. The molecule has 0 radical (unpaired) electrons. The van der Waals surface area contributed by atoms with Gasteiger partial charge in [-0.1, -0.05) is 24.3 Å². The minimum absolute atomic E-state index is 0.160. The molecule has 0 atom stereocenters. The molecule has 0 spiro atoms. The maximum atomic E-state index is 12.0. The number of hydrogen-bond acceptors (Lipinski definition) is 11. The number of carbonyl (C=O) groups is 1. The lowest BCUT2D eigenvalue weighted by Crippen LogP contribution is -2.15. The summed E-state index contributed by atoms with van der Waals surface area (Å²) < 4.78 is 11.2. The number of phenols is 1. The van der Waals surface area contributed by atoms with Crippen molar-refractivity contribution in [3.05, 3.63) is 77.0 Å². The topological polar surface area (TPSA) is 131 Å². The number of ketones is 1. The standard InChI is InChI=1S/C27H30N6O4S/c34-22-12-10-21(11-13-22)30-27-32-25(31-26(33-27)29-20-6-2-1-3-7-20)28-14-16-37-18-17-36-15-4-8-23(35)24-9-5-19-38-24/h1-3,5-7,9-13,19,34H,4,8,14-18H2,(H3,28,29,30,31,32,33). The lowest BCUT2D eigenvalue weighted by atomic mass is 10.2. The summed E-state index contributed by atoms with van der Waals surface area (Å²) in [5.41, 5.74) is 1.57. The number of ether oxygens (including phenoxy) is 2. The lowest BCUT2D eigenvalue weighted by molar-refractivity contribution is 0.0497. The second-order valence-electron chi connectivity index (χ2n) is 8.12. The predicted octanol–water partition coefficient (Wildman–Crippen LogP) is 5.23. The molecule has 2 heterocycles. The smallest absolute Gasteiger partial charge is 0.233 e. The Morgan fingerprint density at radius 3 is 2.11 bits per heavy atom. The fourth-order valence-electron chi connectivity index (χ4n) is 3.34. The Kier molecular flexibility index (Phi) is 10.4. The SMILES string of the molecule is O=C(CCCOCCOCCNc1nc(Nc2ccccc2)nc(Nc2ccc(O)cc2)n1)c1cccs1. The van der Waals surface area contributed by atoms with Crippen LogP contribution in [0.4, 0.5) is 29.2 Å². The van der Waals surface area contributed by atoms with Crippen LogP contribution >= 0.6 is 11.3 Å². The zero-order valence-electron chi connectivity index (χ0n) is 20.8. The highest BCUT2D eigenvalue weighted by Crippen LogP contribution is 2.20. The van der Waals surface area contributed by atoms with Gasteiger partial charge in [0.05, 0.1) is 24.7 Å². The number of benzene rings is 2. The molecule has 2 aromatic heterocycles. The summed E-state index contributed by atoms with van der Waals surface area (Å²) in [6.45, 7) is 2.37. The Hall–Kier alpha value is -4.06. The van der Waals surface area contributed by atoms with Gasteiger partial charge in [-0.2, -0.15) is 15.0 Å². The lowest BCUT2D eigenvalue weighted by Gasteiger charge is -2.12. The molecule has 4 aromatic rings.